The van der Waals surface area contributed by atoms with Gasteiger partial charge in [-0.3, -0.25) is 4.79 Å². The Hall–Kier alpha value is -0.700. The molecule has 15 heavy (non-hydrogen) atoms. The summed E-state index contributed by atoms with van der Waals surface area (Å²) in [6.45, 7) is 3.95. The molecule has 1 nitrogen and oxygen atoms in total. The lowest BCUT2D eigenvalue weighted by atomic mass is 9.93. The molecule has 82 valence electrons. The number of rotatable bonds is 4. The fourth-order valence-corrected chi connectivity index (χ4v) is 1.79. The van der Waals surface area contributed by atoms with Crippen molar-refractivity contribution in [3.63, 3.8) is 0 Å². The van der Waals surface area contributed by atoms with E-state index in [0.717, 1.165) is 12.8 Å². The van der Waals surface area contributed by atoms with Gasteiger partial charge in [-0.25, -0.2) is 4.39 Å². The minimum atomic E-state index is -0.383. The maximum atomic E-state index is 13.2. The van der Waals surface area contributed by atoms with Crippen molar-refractivity contribution in [3.8, 4) is 0 Å². The zero-order chi connectivity index (χ0) is 11.4. The summed E-state index contributed by atoms with van der Waals surface area (Å²) >= 11 is 3.06. The average molecular weight is 273 g/mol. The van der Waals surface area contributed by atoms with Gasteiger partial charge in [0.15, 0.2) is 5.78 Å². The van der Waals surface area contributed by atoms with Crippen LogP contribution in [-0.2, 0) is 0 Å². The second-order valence-corrected chi connectivity index (χ2v) is 4.36. The van der Waals surface area contributed by atoms with E-state index < -0.39 is 0 Å². The SMILES string of the molecule is CCC(CC)C(=O)c1ccc(Br)c(F)c1. The molecule has 0 aliphatic heterocycles. The second-order valence-electron chi connectivity index (χ2n) is 3.51. The third kappa shape index (κ3) is 2.88. The van der Waals surface area contributed by atoms with Gasteiger partial charge in [-0.15, -0.1) is 0 Å². The summed E-state index contributed by atoms with van der Waals surface area (Å²) in [5, 5.41) is 0. The van der Waals surface area contributed by atoms with Crippen LogP contribution < -0.4 is 0 Å². The van der Waals surface area contributed by atoms with E-state index >= 15 is 0 Å². The Kier molecular flexibility index (Phi) is 4.45. The molecule has 0 saturated heterocycles. The Morgan fingerprint density at radius 2 is 2.00 bits per heavy atom. The number of Topliss-reactive ketones (excluding diaryl/α,β-unsaturated/α-hetero) is 1. The number of halogens is 2. The molecule has 0 radical (unpaired) electrons. The quantitative estimate of drug-likeness (QED) is 0.751. The van der Waals surface area contributed by atoms with Gasteiger partial charge in [0.05, 0.1) is 4.47 Å². The number of ketones is 1. The second kappa shape index (κ2) is 5.40. The van der Waals surface area contributed by atoms with E-state index in [0.29, 0.717) is 10.0 Å². The third-order valence-corrected chi connectivity index (χ3v) is 3.20. The van der Waals surface area contributed by atoms with Gasteiger partial charge in [-0.1, -0.05) is 19.9 Å². The van der Waals surface area contributed by atoms with Gasteiger partial charge >= 0.3 is 0 Å². The normalized spacial score (nSPS) is 10.7. The summed E-state index contributed by atoms with van der Waals surface area (Å²) in [6.07, 6.45) is 1.60. The van der Waals surface area contributed by atoms with Gasteiger partial charge in [0.2, 0.25) is 0 Å². The molecule has 0 bridgehead atoms. The number of benzene rings is 1. The molecule has 0 aromatic heterocycles. The highest BCUT2D eigenvalue weighted by Gasteiger charge is 2.17. The number of carbonyl (C=O) groups is 1. The zero-order valence-corrected chi connectivity index (χ0v) is 10.5. The number of hydrogen-bond acceptors (Lipinski definition) is 1. The predicted molar refractivity (Wildman–Crippen MR) is 62.5 cm³/mol. The van der Waals surface area contributed by atoms with Crippen LogP contribution in [0.2, 0.25) is 0 Å². The van der Waals surface area contributed by atoms with Crippen molar-refractivity contribution in [1.82, 2.24) is 0 Å². The highest BCUT2D eigenvalue weighted by Crippen LogP contribution is 2.20. The standard InChI is InChI=1S/C12H14BrFO/c1-3-8(4-2)12(15)9-5-6-10(13)11(14)7-9/h5-8H,3-4H2,1-2H3. The average Bonchev–Trinajstić information content (AvgIpc) is 2.23. The molecule has 0 spiro atoms. The zero-order valence-electron chi connectivity index (χ0n) is 8.89. The van der Waals surface area contributed by atoms with Gasteiger partial charge < -0.3 is 0 Å². The Labute approximate surface area is 97.8 Å². The van der Waals surface area contributed by atoms with Crippen LogP contribution in [0.3, 0.4) is 0 Å². The van der Waals surface area contributed by atoms with Gasteiger partial charge in [-0.2, -0.15) is 0 Å². The van der Waals surface area contributed by atoms with Crippen LogP contribution in [0.15, 0.2) is 22.7 Å². The van der Waals surface area contributed by atoms with E-state index in [1.54, 1.807) is 12.1 Å². The molecule has 3 heteroatoms. The molecule has 0 N–H and O–H groups in total. The van der Waals surface area contributed by atoms with E-state index in [4.69, 9.17) is 0 Å². The minimum absolute atomic E-state index is 0.00516. The van der Waals surface area contributed by atoms with Crippen molar-refractivity contribution in [2.24, 2.45) is 5.92 Å². The third-order valence-electron chi connectivity index (χ3n) is 2.56. The largest absolute Gasteiger partial charge is 0.294 e. The Bertz CT molecular complexity index is 359. The first-order valence-electron chi connectivity index (χ1n) is 5.09. The van der Waals surface area contributed by atoms with Crippen molar-refractivity contribution >= 4 is 21.7 Å². The highest BCUT2D eigenvalue weighted by molar-refractivity contribution is 9.10. The van der Waals surface area contributed by atoms with Crippen LogP contribution in [0.1, 0.15) is 37.0 Å². The molecule has 0 fully saturated rings. The van der Waals surface area contributed by atoms with Crippen LogP contribution in [0, 0.1) is 11.7 Å². The van der Waals surface area contributed by atoms with Crippen LogP contribution in [0.5, 0.6) is 0 Å². The Morgan fingerprint density at radius 3 is 2.47 bits per heavy atom. The van der Waals surface area contributed by atoms with Crippen molar-refractivity contribution in [2.75, 3.05) is 0 Å². The maximum absolute atomic E-state index is 13.2. The monoisotopic (exact) mass is 272 g/mol. The highest BCUT2D eigenvalue weighted by atomic mass is 79.9. The van der Waals surface area contributed by atoms with Gasteiger partial charge in [-0.05, 0) is 40.9 Å². The van der Waals surface area contributed by atoms with Crippen molar-refractivity contribution < 1.29 is 9.18 Å². The van der Waals surface area contributed by atoms with Gasteiger partial charge in [0.25, 0.3) is 0 Å². The molecular formula is C12H14BrFO. The molecule has 0 aliphatic rings. The van der Waals surface area contributed by atoms with E-state index in [2.05, 4.69) is 15.9 Å². The van der Waals surface area contributed by atoms with Crippen molar-refractivity contribution in [2.45, 2.75) is 26.7 Å². The van der Waals surface area contributed by atoms with E-state index in [1.165, 1.54) is 6.07 Å². The summed E-state index contributed by atoms with van der Waals surface area (Å²) in [4.78, 5) is 11.9. The van der Waals surface area contributed by atoms with E-state index in [9.17, 15) is 9.18 Å². The molecule has 0 atom stereocenters. The summed E-state index contributed by atoms with van der Waals surface area (Å²) < 4.78 is 13.6. The number of carbonyl (C=O) groups excluding carboxylic acids is 1. The Balaban J connectivity index is 2.96. The topological polar surface area (TPSA) is 17.1 Å². The molecule has 0 aliphatic carbocycles. The molecule has 1 aromatic rings. The van der Waals surface area contributed by atoms with Crippen LogP contribution >= 0.6 is 15.9 Å². The first-order chi connectivity index (χ1) is 7.10. The molecule has 0 unspecified atom stereocenters. The fraction of sp³-hybridized carbons (Fsp3) is 0.417. The lowest BCUT2D eigenvalue weighted by molar-refractivity contribution is 0.0913. The summed E-state index contributed by atoms with van der Waals surface area (Å²) in [5.74, 6) is -0.344. The lowest BCUT2D eigenvalue weighted by Gasteiger charge is -2.11. The first kappa shape index (κ1) is 12.4. The minimum Gasteiger partial charge on any atom is -0.294 e. The smallest absolute Gasteiger partial charge is 0.166 e. The van der Waals surface area contributed by atoms with Gasteiger partial charge in [0.1, 0.15) is 5.82 Å². The molecule has 0 amide bonds. The van der Waals surface area contributed by atoms with E-state index in [-0.39, 0.29) is 17.5 Å². The fourth-order valence-electron chi connectivity index (χ4n) is 1.54. The summed E-state index contributed by atoms with van der Waals surface area (Å²) in [6, 6.07) is 4.53. The van der Waals surface area contributed by atoms with Crippen LogP contribution in [0.4, 0.5) is 4.39 Å². The predicted octanol–water partition coefficient (Wildman–Crippen LogP) is 4.21. The van der Waals surface area contributed by atoms with Crippen molar-refractivity contribution in [3.05, 3.63) is 34.1 Å². The van der Waals surface area contributed by atoms with Crippen molar-refractivity contribution in [1.29, 1.82) is 0 Å². The first-order valence-corrected chi connectivity index (χ1v) is 5.88. The summed E-state index contributed by atoms with van der Waals surface area (Å²) in [7, 11) is 0. The van der Waals surface area contributed by atoms with Gasteiger partial charge in [0, 0.05) is 11.5 Å². The maximum Gasteiger partial charge on any atom is 0.166 e. The molecule has 1 aromatic carbocycles. The Morgan fingerprint density at radius 1 is 1.40 bits per heavy atom. The summed E-state index contributed by atoms with van der Waals surface area (Å²) in [5.41, 5.74) is 0.462. The van der Waals surface area contributed by atoms with Crippen LogP contribution in [0.25, 0.3) is 0 Å². The molecular weight excluding hydrogens is 259 g/mol. The lowest BCUT2D eigenvalue weighted by Crippen LogP contribution is -2.13. The van der Waals surface area contributed by atoms with E-state index in [1.807, 2.05) is 13.8 Å². The molecule has 0 heterocycles. The molecule has 0 saturated carbocycles. The number of hydrogen-bond donors (Lipinski definition) is 0. The van der Waals surface area contributed by atoms with Crippen LogP contribution in [-0.4, -0.2) is 5.78 Å². The molecule has 1 rings (SSSR count).